The zero-order valence-electron chi connectivity index (χ0n) is 18.3. The molecule has 0 saturated carbocycles. The molecule has 2 aliphatic heterocycles. The summed E-state index contributed by atoms with van der Waals surface area (Å²) in [5.41, 5.74) is 2.34. The minimum absolute atomic E-state index is 0.0421. The van der Waals surface area contributed by atoms with Crippen LogP contribution >= 0.6 is 0 Å². The molecule has 8 heteroatoms. The van der Waals surface area contributed by atoms with Gasteiger partial charge in [-0.1, -0.05) is 30.3 Å². The minimum Gasteiger partial charge on any atom is -0.454 e. The molecule has 1 N–H and O–H groups in total. The lowest BCUT2D eigenvalue weighted by molar-refractivity contribution is -0.132. The van der Waals surface area contributed by atoms with E-state index < -0.39 is 0 Å². The number of hydrogen-bond donors (Lipinski definition) is 1. The zero-order chi connectivity index (χ0) is 22.6. The molecule has 1 unspecified atom stereocenters. The third-order valence-corrected chi connectivity index (χ3v) is 6.17. The maximum absolute atomic E-state index is 12.9. The Morgan fingerprint density at radius 2 is 1.88 bits per heavy atom. The normalized spacial score (nSPS) is 17.5. The van der Waals surface area contributed by atoms with E-state index in [2.05, 4.69) is 34.7 Å². The summed E-state index contributed by atoms with van der Waals surface area (Å²) in [6.45, 7) is 1.81. The topological polar surface area (TPSA) is 85.7 Å². The Morgan fingerprint density at radius 1 is 1.03 bits per heavy atom. The van der Waals surface area contributed by atoms with E-state index in [4.69, 9.17) is 9.47 Å². The Kier molecular flexibility index (Phi) is 5.97. The van der Waals surface area contributed by atoms with Crippen LogP contribution in [0.5, 0.6) is 11.5 Å². The number of nitrogens with zero attached hydrogens (tertiary/aromatic N) is 3. The van der Waals surface area contributed by atoms with Crippen LogP contribution in [0, 0.1) is 0 Å². The SMILES string of the molecule is O=C(Nc1cnn(CC(=O)N2CCCC(c3ccccc3)CC2)c1)c1ccc2c(c1)OCO2. The molecular weight excluding hydrogens is 420 g/mol. The smallest absolute Gasteiger partial charge is 0.255 e. The highest BCUT2D eigenvalue weighted by atomic mass is 16.7. The van der Waals surface area contributed by atoms with Crippen molar-refractivity contribution in [1.29, 1.82) is 0 Å². The lowest BCUT2D eigenvalue weighted by Gasteiger charge is -2.20. The van der Waals surface area contributed by atoms with E-state index in [9.17, 15) is 9.59 Å². The molecule has 0 spiro atoms. The number of carbonyl (C=O) groups is 2. The first-order valence-corrected chi connectivity index (χ1v) is 11.2. The molecule has 33 heavy (non-hydrogen) atoms. The molecule has 1 aromatic heterocycles. The van der Waals surface area contributed by atoms with Crippen molar-refractivity contribution >= 4 is 17.5 Å². The molecule has 5 rings (SSSR count). The number of anilines is 1. The number of aromatic nitrogens is 2. The van der Waals surface area contributed by atoms with Crippen molar-refractivity contribution in [3.8, 4) is 11.5 Å². The van der Waals surface area contributed by atoms with Crippen molar-refractivity contribution in [2.75, 3.05) is 25.2 Å². The monoisotopic (exact) mass is 446 g/mol. The first kappa shape index (κ1) is 21.1. The summed E-state index contributed by atoms with van der Waals surface area (Å²) < 4.78 is 12.2. The predicted molar refractivity (Wildman–Crippen MR) is 122 cm³/mol. The van der Waals surface area contributed by atoms with Crippen molar-refractivity contribution < 1.29 is 19.1 Å². The summed E-state index contributed by atoms with van der Waals surface area (Å²) in [6, 6.07) is 15.6. The Bertz CT molecular complexity index is 1140. The maximum atomic E-state index is 12.9. The molecule has 3 aromatic rings. The average Bonchev–Trinajstić information content (AvgIpc) is 3.41. The second-order valence-electron chi connectivity index (χ2n) is 8.37. The third-order valence-electron chi connectivity index (χ3n) is 6.17. The maximum Gasteiger partial charge on any atom is 0.255 e. The van der Waals surface area contributed by atoms with E-state index in [0.717, 1.165) is 32.4 Å². The van der Waals surface area contributed by atoms with Crippen LogP contribution in [0.4, 0.5) is 5.69 Å². The first-order chi connectivity index (χ1) is 16.2. The van der Waals surface area contributed by atoms with Crippen LogP contribution in [0.2, 0.25) is 0 Å². The van der Waals surface area contributed by atoms with Crippen molar-refractivity contribution in [3.05, 3.63) is 72.1 Å². The molecule has 8 nitrogen and oxygen atoms in total. The number of fused-ring (bicyclic) bond motifs is 1. The third kappa shape index (κ3) is 4.84. The number of benzene rings is 2. The van der Waals surface area contributed by atoms with Gasteiger partial charge in [-0.25, -0.2) is 0 Å². The second kappa shape index (κ2) is 9.36. The van der Waals surface area contributed by atoms with Gasteiger partial charge in [0, 0.05) is 24.8 Å². The van der Waals surface area contributed by atoms with E-state index in [-0.39, 0.29) is 25.2 Å². The van der Waals surface area contributed by atoms with Gasteiger partial charge in [0.25, 0.3) is 5.91 Å². The van der Waals surface area contributed by atoms with Gasteiger partial charge in [0.05, 0.1) is 11.9 Å². The summed E-state index contributed by atoms with van der Waals surface area (Å²) in [6.07, 6.45) is 6.26. The molecule has 1 fully saturated rings. The van der Waals surface area contributed by atoms with Crippen LogP contribution in [-0.4, -0.2) is 46.4 Å². The minimum atomic E-state index is -0.279. The van der Waals surface area contributed by atoms with Crippen LogP contribution in [0.15, 0.2) is 60.9 Å². The van der Waals surface area contributed by atoms with E-state index in [1.807, 2.05) is 11.0 Å². The van der Waals surface area contributed by atoms with E-state index >= 15 is 0 Å². The lowest BCUT2D eigenvalue weighted by Crippen LogP contribution is -2.34. The van der Waals surface area contributed by atoms with E-state index in [0.29, 0.717) is 28.7 Å². The molecule has 170 valence electrons. The Labute approximate surface area is 192 Å². The van der Waals surface area contributed by atoms with E-state index in [1.54, 1.807) is 35.3 Å². The van der Waals surface area contributed by atoms with E-state index in [1.165, 1.54) is 5.56 Å². The fraction of sp³-hybridized carbons (Fsp3) is 0.320. The number of ether oxygens (including phenoxy) is 2. The summed E-state index contributed by atoms with van der Waals surface area (Å²) in [7, 11) is 0. The van der Waals surface area contributed by atoms with Crippen molar-refractivity contribution in [2.24, 2.45) is 0 Å². The summed E-state index contributed by atoms with van der Waals surface area (Å²) in [4.78, 5) is 27.4. The van der Waals surface area contributed by atoms with Gasteiger partial charge in [-0.15, -0.1) is 0 Å². The molecule has 2 amide bonds. The largest absolute Gasteiger partial charge is 0.454 e. The fourth-order valence-electron chi connectivity index (χ4n) is 4.40. The molecule has 2 aliphatic rings. The van der Waals surface area contributed by atoms with Crippen molar-refractivity contribution in [3.63, 3.8) is 0 Å². The molecular formula is C25H26N4O4. The van der Waals surface area contributed by atoms with Crippen LogP contribution < -0.4 is 14.8 Å². The molecule has 1 atom stereocenters. The highest BCUT2D eigenvalue weighted by Gasteiger charge is 2.22. The lowest BCUT2D eigenvalue weighted by atomic mass is 9.92. The fourth-order valence-corrected chi connectivity index (χ4v) is 4.40. The molecule has 0 aliphatic carbocycles. The van der Waals surface area contributed by atoms with Crippen LogP contribution in [0.25, 0.3) is 0 Å². The number of nitrogens with one attached hydrogen (secondary N) is 1. The second-order valence-corrected chi connectivity index (χ2v) is 8.37. The van der Waals surface area contributed by atoms with Crippen LogP contribution in [-0.2, 0) is 11.3 Å². The Morgan fingerprint density at radius 3 is 2.76 bits per heavy atom. The number of amides is 2. The summed E-state index contributed by atoms with van der Waals surface area (Å²) in [5.74, 6) is 1.43. The first-order valence-electron chi connectivity index (χ1n) is 11.2. The predicted octanol–water partition coefficient (Wildman–Crippen LogP) is 3.66. The highest BCUT2D eigenvalue weighted by Crippen LogP contribution is 2.32. The number of rotatable bonds is 5. The van der Waals surface area contributed by atoms with Gasteiger partial charge < -0.3 is 19.7 Å². The average molecular weight is 447 g/mol. The van der Waals surface area contributed by atoms with Crippen LogP contribution in [0.1, 0.15) is 41.1 Å². The highest BCUT2D eigenvalue weighted by molar-refractivity contribution is 6.04. The number of carbonyl (C=O) groups excluding carboxylic acids is 2. The summed E-state index contributed by atoms with van der Waals surface area (Å²) >= 11 is 0. The number of likely N-dealkylation sites (tertiary alicyclic amines) is 1. The zero-order valence-corrected chi connectivity index (χ0v) is 18.3. The van der Waals surface area contributed by atoms with Gasteiger partial charge in [0.15, 0.2) is 11.5 Å². The molecule has 0 bridgehead atoms. The van der Waals surface area contributed by atoms with Gasteiger partial charge in [-0.3, -0.25) is 14.3 Å². The Balaban J connectivity index is 1.16. The quantitative estimate of drug-likeness (QED) is 0.647. The molecule has 2 aromatic carbocycles. The standard InChI is InChI=1S/C25H26N4O4/c30-24(28-11-4-7-19(10-12-28)18-5-2-1-3-6-18)16-29-15-21(14-26-29)27-25(31)20-8-9-22-23(13-20)33-17-32-22/h1-3,5-6,8-9,13-15,19H,4,7,10-12,16-17H2,(H,27,31). The molecule has 3 heterocycles. The van der Waals surface area contributed by atoms with Gasteiger partial charge >= 0.3 is 0 Å². The van der Waals surface area contributed by atoms with Crippen molar-refractivity contribution in [2.45, 2.75) is 31.7 Å². The molecule has 0 radical (unpaired) electrons. The van der Waals surface area contributed by atoms with Gasteiger partial charge in [0.2, 0.25) is 12.7 Å². The van der Waals surface area contributed by atoms with Crippen LogP contribution in [0.3, 0.4) is 0 Å². The molecule has 1 saturated heterocycles. The van der Waals surface area contributed by atoms with Gasteiger partial charge in [-0.05, 0) is 48.9 Å². The Hall–Kier alpha value is -3.81. The summed E-state index contributed by atoms with van der Waals surface area (Å²) in [5, 5.41) is 7.06. The van der Waals surface area contributed by atoms with Crippen molar-refractivity contribution in [1.82, 2.24) is 14.7 Å². The number of hydrogen-bond acceptors (Lipinski definition) is 5. The van der Waals surface area contributed by atoms with Gasteiger partial charge in [-0.2, -0.15) is 5.10 Å². The van der Waals surface area contributed by atoms with Gasteiger partial charge in [0.1, 0.15) is 6.54 Å².